The van der Waals surface area contributed by atoms with Crippen molar-refractivity contribution in [2.45, 2.75) is 24.5 Å². The van der Waals surface area contributed by atoms with Crippen molar-refractivity contribution in [3.63, 3.8) is 0 Å². The lowest BCUT2D eigenvalue weighted by molar-refractivity contribution is -0.138. The van der Waals surface area contributed by atoms with E-state index in [1.807, 2.05) is 0 Å². The molecule has 0 radical (unpaired) electrons. The molecule has 2 N–H and O–H groups in total. The van der Waals surface area contributed by atoms with Gasteiger partial charge in [-0.1, -0.05) is 0 Å². The molecule has 0 spiro atoms. The van der Waals surface area contributed by atoms with Crippen LogP contribution in [0.5, 0.6) is 0 Å². The van der Waals surface area contributed by atoms with E-state index in [-0.39, 0.29) is 74.4 Å². The zero-order chi connectivity index (χ0) is 17.9. The van der Waals surface area contributed by atoms with Crippen LogP contribution < -0.4 is 10.7 Å². The van der Waals surface area contributed by atoms with E-state index in [4.69, 9.17) is 4.74 Å². The van der Waals surface area contributed by atoms with Crippen LogP contribution in [0.15, 0.2) is 4.85 Å². The van der Waals surface area contributed by atoms with Gasteiger partial charge in [-0.05, 0) is 6.26 Å². The van der Waals surface area contributed by atoms with E-state index in [0.717, 1.165) is 4.90 Å². The Bertz CT molecular complexity index is 505. The second-order valence-electron chi connectivity index (χ2n) is 4.92. The number of nitrogens with one attached hydrogen (secondary N) is 2. The number of ether oxygens (including phenoxy) is 1. The number of amides is 4. The van der Waals surface area contributed by atoms with Crippen molar-refractivity contribution in [2.24, 2.45) is 4.85 Å². The van der Waals surface area contributed by atoms with E-state index in [0.29, 0.717) is 0 Å². The van der Waals surface area contributed by atoms with Gasteiger partial charge in [0, 0.05) is 35.0 Å². The van der Waals surface area contributed by atoms with Gasteiger partial charge < -0.3 is 10.1 Å². The molecule has 0 aromatic heterocycles. The Hall–Kier alpha value is -1.51. The molecule has 0 saturated carbocycles. The van der Waals surface area contributed by atoms with Crippen molar-refractivity contribution < 1.29 is 23.9 Å². The van der Waals surface area contributed by atoms with Crippen LogP contribution in [0.4, 0.5) is 0 Å². The third-order valence-corrected chi connectivity index (χ3v) is 4.32. The number of nitrogens with zero attached hydrogens (tertiary/aromatic N) is 2. The van der Waals surface area contributed by atoms with Crippen LogP contribution in [-0.2, 0) is 23.9 Å². The molecule has 0 aromatic rings. The number of carbonyl (C=O) groups is 4. The lowest BCUT2D eigenvalue weighted by atomic mass is 10.3. The molecular weight excluding hydrogens is 355 g/mol. The fourth-order valence-electron chi connectivity index (χ4n) is 2.02. The molecule has 1 atom stereocenters. The molecule has 134 valence electrons. The molecule has 1 heterocycles. The Morgan fingerprint density at radius 2 is 2.08 bits per heavy atom. The molecule has 1 fully saturated rings. The Morgan fingerprint density at radius 1 is 1.33 bits per heavy atom. The van der Waals surface area contributed by atoms with E-state index in [2.05, 4.69) is 24.6 Å². The molecule has 1 unspecified atom stereocenters. The molecule has 24 heavy (non-hydrogen) atoms. The number of hydrogen-bond donors (Lipinski definition) is 2. The van der Waals surface area contributed by atoms with E-state index in [1.165, 1.54) is 11.8 Å². The summed E-state index contributed by atoms with van der Waals surface area (Å²) in [4.78, 5) is 50.7. The van der Waals surface area contributed by atoms with Gasteiger partial charge in [-0.2, -0.15) is 16.6 Å². The molecule has 0 aliphatic carbocycles. The fraction of sp³-hybridized carbons (Fsp3) is 0.692. The average Bonchev–Trinajstić information content (AvgIpc) is 2.82. The fourth-order valence-corrected chi connectivity index (χ4v) is 2.78. The van der Waals surface area contributed by atoms with Gasteiger partial charge in [0.2, 0.25) is 23.6 Å². The van der Waals surface area contributed by atoms with Crippen LogP contribution in [0.3, 0.4) is 0 Å². The van der Waals surface area contributed by atoms with Crippen LogP contribution in [-0.4, -0.2) is 66.3 Å². The molecular formula is C13H21N4O5PS. The number of likely N-dealkylation sites (tertiary alicyclic amines) is 1. The van der Waals surface area contributed by atoms with Crippen LogP contribution in [0.2, 0.25) is 0 Å². The predicted molar refractivity (Wildman–Crippen MR) is 90.6 cm³/mol. The summed E-state index contributed by atoms with van der Waals surface area (Å²) in [5.74, 6) is -0.999. The minimum atomic E-state index is -0.330. The van der Waals surface area contributed by atoms with E-state index in [9.17, 15) is 19.2 Å². The second-order valence-corrected chi connectivity index (χ2v) is 6.19. The molecule has 1 saturated heterocycles. The molecule has 11 heteroatoms. The molecule has 0 aromatic carbocycles. The Labute approximate surface area is 146 Å². The summed E-state index contributed by atoms with van der Waals surface area (Å²) < 4.78 is 5.19. The smallest absolute Gasteiger partial charge is 0.242 e. The van der Waals surface area contributed by atoms with E-state index in [1.54, 1.807) is 6.26 Å². The summed E-state index contributed by atoms with van der Waals surface area (Å²) in [6, 6.07) is 0. The SMILES string of the molecule is CSC1CC(=O)N(CCC(=O)NCCOCCC(=O)NN=P)C1=O. The van der Waals surface area contributed by atoms with Gasteiger partial charge in [-0.15, -0.1) is 0 Å². The highest BCUT2D eigenvalue weighted by atomic mass is 32.2. The van der Waals surface area contributed by atoms with E-state index >= 15 is 0 Å². The van der Waals surface area contributed by atoms with Crippen LogP contribution in [0.25, 0.3) is 0 Å². The van der Waals surface area contributed by atoms with Crippen LogP contribution in [0.1, 0.15) is 19.3 Å². The quantitative estimate of drug-likeness (QED) is 0.222. The predicted octanol–water partition coefficient (Wildman–Crippen LogP) is -0.252. The first-order valence-corrected chi connectivity index (χ1v) is 9.09. The average molecular weight is 376 g/mol. The minimum absolute atomic E-state index is 0.0630. The summed E-state index contributed by atoms with van der Waals surface area (Å²) in [6.45, 7) is 0.867. The largest absolute Gasteiger partial charge is 0.379 e. The number of rotatable bonds is 11. The normalized spacial score (nSPS) is 17.0. The summed E-state index contributed by atoms with van der Waals surface area (Å²) in [7, 11) is 2.76. The monoisotopic (exact) mass is 376 g/mol. The first-order chi connectivity index (χ1) is 11.5. The number of thioether (sulfide) groups is 1. The van der Waals surface area contributed by atoms with Gasteiger partial charge in [-0.3, -0.25) is 24.1 Å². The van der Waals surface area contributed by atoms with Gasteiger partial charge in [0.15, 0.2) is 0 Å². The van der Waals surface area contributed by atoms with Crippen molar-refractivity contribution in [3.05, 3.63) is 0 Å². The lowest BCUT2D eigenvalue weighted by Crippen LogP contribution is -2.36. The molecule has 4 amide bonds. The number of imide groups is 1. The Morgan fingerprint density at radius 3 is 2.71 bits per heavy atom. The van der Waals surface area contributed by atoms with Gasteiger partial charge in [0.05, 0.1) is 24.9 Å². The molecule has 0 bridgehead atoms. The molecule has 1 aliphatic heterocycles. The third-order valence-electron chi connectivity index (χ3n) is 3.27. The first-order valence-electron chi connectivity index (χ1n) is 7.36. The molecule has 1 rings (SSSR count). The minimum Gasteiger partial charge on any atom is -0.379 e. The van der Waals surface area contributed by atoms with Crippen LogP contribution in [0, 0.1) is 0 Å². The van der Waals surface area contributed by atoms with E-state index < -0.39 is 0 Å². The van der Waals surface area contributed by atoms with Crippen molar-refractivity contribution in [1.29, 1.82) is 0 Å². The third kappa shape index (κ3) is 6.94. The summed E-state index contributed by atoms with van der Waals surface area (Å²) in [6.07, 6.45) is 2.21. The lowest BCUT2D eigenvalue weighted by Gasteiger charge is -2.14. The van der Waals surface area contributed by atoms with Crippen LogP contribution >= 0.6 is 20.8 Å². The standard InChI is InChI=1S/C13H21N4O5PS/c1-24-9-8-12(20)17(13(9)21)5-2-10(18)14-4-7-22-6-3-11(19)15-16-23/h9,23H,2-8H2,1H3,(H,14,18)(H,15,19). The first kappa shape index (κ1) is 20.5. The highest BCUT2D eigenvalue weighted by Gasteiger charge is 2.37. The zero-order valence-electron chi connectivity index (χ0n) is 13.4. The number of hydrogen-bond acceptors (Lipinski definition) is 7. The van der Waals surface area contributed by atoms with Gasteiger partial charge in [0.25, 0.3) is 0 Å². The maximum absolute atomic E-state index is 11.9. The van der Waals surface area contributed by atoms with Gasteiger partial charge in [0.1, 0.15) is 0 Å². The maximum atomic E-state index is 11.9. The van der Waals surface area contributed by atoms with Gasteiger partial charge >= 0.3 is 0 Å². The highest BCUT2D eigenvalue weighted by molar-refractivity contribution is 8.00. The van der Waals surface area contributed by atoms with Crippen molar-refractivity contribution >= 4 is 44.4 Å². The molecule has 9 nitrogen and oxygen atoms in total. The highest BCUT2D eigenvalue weighted by Crippen LogP contribution is 2.22. The second kappa shape index (κ2) is 11.1. The Kier molecular flexibility index (Phi) is 9.51. The molecule has 1 aliphatic rings. The summed E-state index contributed by atoms with van der Waals surface area (Å²) in [5.41, 5.74) is 2.20. The van der Waals surface area contributed by atoms with Crippen molar-refractivity contribution in [2.75, 3.05) is 32.6 Å². The topological polar surface area (TPSA) is 117 Å². The van der Waals surface area contributed by atoms with Gasteiger partial charge in [-0.25, -0.2) is 5.43 Å². The zero-order valence-corrected chi connectivity index (χ0v) is 15.2. The maximum Gasteiger partial charge on any atom is 0.242 e. The Balaban J connectivity index is 2.10. The van der Waals surface area contributed by atoms with Crippen molar-refractivity contribution in [1.82, 2.24) is 15.6 Å². The summed E-state index contributed by atoms with van der Waals surface area (Å²) >= 11 is 1.34. The number of carbonyl (C=O) groups excluding carboxylic acids is 4. The van der Waals surface area contributed by atoms with Crippen molar-refractivity contribution in [3.8, 4) is 0 Å². The summed E-state index contributed by atoms with van der Waals surface area (Å²) in [5, 5.41) is 2.30.